The summed E-state index contributed by atoms with van der Waals surface area (Å²) in [4.78, 5) is 0. The molecule has 2 nitrogen and oxygen atoms in total. The summed E-state index contributed by atoms with van der Waals surface area (Å²) in [5.41, 5.74) is 1.34. The minimum absolute atomic E-state index is 0.525. The molecule has 1 aliphatic rings. The predicted octanol–water partition coefficient (Wildman–Crippen LogP) is 2.88. The van der Waals surface area contributed by atoms with Crippen molar-refractivity contribution in [2.24, 2.45) is 0 Å². The number of hydrogen-bond donors (Lipinski definition) is 1. The summed E-state index contributed by atoms with van der Waals surface area (Å²) in [7, 11) is 1.69. The zero-order valence-electron chi connectivity index (χ0n) is 8.22. The molecular weight excluding hydrogens is 242 g/mol. The number of ether oxygens (including phenoxy) is 1. The van der Waals surface area contributed by atoms with E-state index < -0.39 is 0 Å². The first-order valence-corrected chi connectivity index (χ1v) is 5.67. The second-order valence-corrected chi connectivity index (χ2v) is 4.40. The van der Waals surface area contributed by atoms with E-state index in [1.807, 2.05) is 6.07 Å². The smallest absolute Gasteiger partial charge is 0.133 e. The predicted molar refractivity (Wildman–Crippen MR) is 60.7 cm³/mol. The molecular formula is C11H14BrNO. The maximum atomic E-state index is 5.20. The Kier molecular flexibility index (Phi) is 3.08. The molecule has 1 saturated heterocycles. The van der Waals surface area contributed by atoms with Crippen LogP contribution in [0.3, 0.4) is 0 Å². The van der Waals surface area contributed by atoms with Crippen molar-refractivity contribution in [1.82, 2.24) is 5.32 Å². The van der Waals surface area contributed by atoms with Crippen LogP contribution in [-0.4, -0.2) is 13.7 Å². The Balaban J connectivity index is 2.23. The first-order chi connectivity index (χ1) is 6.81. The zero-order valence-corrected chi connectivity index (χ0v) is 9.80. The van der Waals surface area contributed by atoms with Crippen LogP contribution in [0.1, 0.15) is 24.4 Å². The fraction of sp³-hybridized carbons (Fsp3) is 0.455. The van der Waals surface area contributed by atoms with Crippen LogP contribution >= 0.6 is 15.9 Å². The molecule has 1 aromatic carbocycles. The highest BCUT2D eigenvalue weighted by Crippen LogP contribution is 2.30. The lowest BCUT2D eigenvalue weighted by atomic mass is 10.1. The molecule has 1 fully saturated rings. The van der Waals surface area contributed by atoms with Crippen molar-refractivity contribution in [1.29, 1.82) is 0 Å². The molecule has 1 atom stereocenters. The summed E-state index contributed by atoms with van der Waals surface area (Å²) in [5, 5.41) is 3.48. The molecule has 0 aromatic heterocycles. The first kappa shape index (κ1) is 9.99. The molecule has 1 aromatic rings. The number of halogens is 1. The van der Waals surface area contributed by atoms with Crippen LogP contribution in [0.2, 0.25) is 0 Å². The van der Waals surface area contributed by atoms with Crippen molar-refractivity contribution in [3.8, 4) is 5.75 Å². The Hall–Kier alpha value is -0.540. The van der Waals surface area contributed by atoms with E-state index in [-0.39, 0.29) is 0 Å². The van der Waals surface area contributed by atoms with Crippen LogP contribution in [0.4, 0.5) is 0 Å². The van der Waals surface area contributed by atoms with Crippen molar-refractivity contribution >= 4 is 15.9 Å². The van der Waals surface area contributed by atoms with Gasteiger partial charge in [0.1, 0.15) is 5.75 Å². The number of hydrogen-bond acceptors (Lipinski definition) is 2. The minimum atomic E-state index is 0.525. The Morgan fingerprint density at radius 2 is 2.36 bits per heavy atom. The van der Waals surface area contributed by atoms with Gasteiger partial charge in [0.2, 0.25) is 0 Å². The molecule has 0 aliphatic carbocycles. The van der Waals surface area contributed by atoms with E-state index >= 15 is 0 Å². The fourth-order valence-corrected chi connectivity index (χ4v) is 2.43. The quantitative estimate of drug-likeness (QED) is 0.878. The molecule has 1 heterocycles. The molecule has 14 heavy (non-hydrogen) atoms. The summed E-state index contributed by atoms with van der Waals surface area (Å²) in [6, 6.07) is 6.81. The topological polar surface area (TPSA) is 21.3 Å². The SMILES string of the molecule is COc1ccc([C@@H]2CCCN2)cc1Br. The molecule has 76 valence electrons. The summed E-state index contributed by atoms with van der Waals surface area (Å²) in [6.07, 6.45) is 2.51. The van der Waals surface area contributed by atoms with Gasteiger partial charge in [-0.2, -0.15) is 0 Å². The third kappa shape index (κ3) is 1.93. The van der Waals surface area contributed by atoms with Crippen LogP contribution in [0, 0.1) is 0 Å². The summed E-state index contributed by atoms with van der Waals surface area (Å²) < 4.78 is 6.23. The Morgan fingerprint density at radius 1 is 1.50 bits per heavy atom. The normalized spacial score (nSPS) is 21.1. The van der Waals surface area contributed by atoms with Gasteiger partial charge in [-0.3, -0.25) is 0 Å². The molecule has 2 rings (SSSR count). The largest absolute Gasteiger partial charge is 0.496 e. The highest BCUT2D eigenvalue weighted by molar-refractivity contribution is 9.10. The van der Waals surface area contributed by atoms with Gasteiger partial charge in [-0.05, 0) is 53.0 Å². The van der Waals surface area contributed by atoms with E-state index in [2.05, 4.69) is 33.4 Å². The lowest BCUT2D eigenvalue weighted by Crippen LogP contribution is -2.12. The van der Waals surface area contributed by atoms with Gasteiger partial charge in [0.05, 0.1) is 11.6 Å². The molecule has 1 N–H and O–H groups in total. The van der Waals surface area contributed by atoms with Crippen molar-refractivity contribution in [3.05, 3.63) is 28.2 Å². The minimum Gasteiger partial charge on any atom is -0.496 e. The van der Waals surface area contributed by atoms with E-state index in [1.54, 1.807) is 7.11 Å². The lowest BCUT2D eigenvalue weighted by molar-refractivity contribution is 0.411. The van der Waals surface area contributed by atoms with E-state index in [1.165, 1.54) is 18.4 Å². The third-order valence-corrected chi connectivity index (χ3v) is 3.26. The second-order valence-electron chi connectivity index (χ2n) is 3.54. The van der Waals surface area contributed by atoms with E-state index in [4.69, 9.17) is 4.74 Å². The molecule has 0 unspecified atom stereocenters. The second kappa shape index (κ2) is 4.32. The van der Waals surface area contributed by atoms with Crippen LogP contribution in [0.5, 0.6) is 5.75 Å². The Morgan fingerprint density at radius 3 is 2.93 bits per heavy atom. The van der Waals surface area contributed by atoms with Gasteiger partial charge < -0.3 is 10.1 Å². The van der Waals surface area contributed by atoms with Crippen LogP contribution in [0.25, 0.3) is 0 Å². The molecule has 0 amide bonds. The Bertz CT molecular complexity index is 321. The number of rotatable bonds is 2. The van der Waals surface area contributed by atoms with E-state index in [9.17, 15) is 0 Å². The van der Waals surface area contributed by atoms with Gasteiger partial charge in [0.15, 0.2) is 0 Å². The van der Waals surface area contributed by atoms with Crippen LogP contribution in [-0.2, 0) is 0 Å². The van der Waals surface area contributed by atoms with Gasteiger partial charge in [0, 0.05) is 6.04 Å². The van der Waals surface area contributed by atoms with Gasteiger partial charge in [-0.1, -0.05) is 6.07 Å². The van der Waals surface area contributed by atoms with E-state index in [0.717, 1.165) is 16.8 Å². The van der Waals surface area contributed by atoms with Crippen LogP contribution < -0.4 is 10.1 Å². The molecule has 0 bridgehead atoms. The lowest BCUT2D eigenvalue weighted by Gasteiger charge is -2.12. The number of methoxy groups -OCH3 is 1. The molecule has 0 spiro atoms. The van der Waals surface area contributed by atoms with Gasteiger partial charge in [-0.15, -0.1) is 0 Å². The summed E-state index contributed by atoms with van der Waals surface area (Å²) >= 11 is 3.50. The average molecular weight is 256 g/mol. The van der Waals surface area contributed by atoms with Crippen molar-refractivity contribution < 1.29 is 4.74 Å². The summed E-state index contributed by atoms with van der Waals surface area (Å²) in [5.74, 6) is 0.895. The Labute approximate surface area is 92.8 Å². The third-order valence-electron chi connectivity index (χ3n) is 2.64. The highest BCUT2D eigenvalue weighted by Gasteiger charge is 2.16. The standard InChI is InChI=1S/C11H14BrNO/c1-14-11-5-4-8(7-9(11)12)10-3-2-6-13-10/h4-5,7,10,13H,2-3,6H2,1H3/t10-/m0/s1. The van der Waals surface area contributed by atoms with Crippen LogP contribution in [0.15, 0.2) is 22.7 Å². The van der Waals surface area contributed by atoms with Crippen molar-refractivity contribution in [3.63, 3.8) is 0 Å². The molecule has 0 radical (unpaired) electrons. The summed E-state index contributed by atoms with van der Waals surface area (Å²) in [6.45, 7) is 1.13. The number of benzene rings is 1. The molecule has 0 saturated carbocycles. The first-order valence-electron chi connectivity index (χ1n) is 4.88. The average Bonchev–Trinajstić information content (AvgIpc) is 2.70. The molecule has 3 heteroatoms. The van der Waals surface area contributed by atoms with E-state index in [0.29, 0.717) is 6.04 Å². The fourth-order valence-electron chi connectivity index (χ4n) is 1.87. The van der Waals surface area contributed by atoms with Gasteiger partial charge in [-0.25, -0.2) is 0 Å². The van der Waals surface area contributed by atoms with Gasteiger partial charge >= 0.3 is 0 Å². The zero-order chi connectivity index (χ0) is 9.97. The number of nitrogens with one attached hydrogen (secondary N) is 1. The highest BCUT2D eigenvalue weighted by atomic mass is 79.9. The molecule has 1 aliphatic heterocycles. The maximum Gasteiger partial charge on any atom is 0.133 e. The monoisotopic (exact) mass is 255 g/mol. The van der Waals surface area contributed by atoms with Crippen molar-refractivity contribution in [2.75, 3.05) is 13.7 Å². The maximum absolute atomic E-state index is 5.20. The van der Waals surface area contributed by atoms with Crippen molar-refractivity contribution in [2.45, 2.75) is 18.9 Å². The van der Waals surface area contributed by atoms with Gasteiger partial charge in [0.25, 0.3) is 0 Å².